The number of likely N-dealkylation sites (N-methyl/N-ethyl adjacent to an activating group) is 1. The van der Waals surface area contributed by atoms with E-state index in [4.69, 9.17) is 4.74 Å². The number of ether oxygens (including phenoxy) is 1. The molecule has 0 fully saturated rings. The lowest BCUT2D eigenvalue weighted by Crippen LogP contribution is -2.24. The summed E-state index contributed by atoms with van der Waals surface area (Å²) >= 11 is 0. The van der Waals surface area contributed by atoms with Crippen LogP contribution >= 0.6 is 0 Å². The van der Waals surface area contributed by atoms with Crippen molar-refractivity contribution in [3.8, 4) is 0 Å². The summed E-state index contributed by atoms with van der Waals surface area (Å²) in [6.45, 7) is 11.5. The van der Waals surface area contributed by atoms with Gasteiger partial charge in [0.2, 0.25) is 0 Å². The molecule has 17 heavy (non-hydrogen) atoms. The highest BCUT2D eigenvalue weighted by Crippen LogP contribution is 2.31. The van der Waals surface area contributed by atoms with Gasteiger partial charge in [0.1, 0.15) is 0 Å². The maximum absolute atomic E-state index is 5.85. The molecular weight excluding hydrogens is 210 g/mol. The van der Waals surface area contributed by atoms with Gasteiger partial charge in [0.05, 0.1) is 11.4 Å². The Morgan fingerprint density at radius 3 is 2.41 bits per heavy atom. The Kier molecular flexibility index (Phi) is 4.58. The highest BCUT2D eigenvalue weighted by Gasteiger charge is 2.22. The Balaban J connectivity index is 3.34. The molecule has 0 unspecified atom stereocenters. The van der Waals surface area contributed by atoms with Crippen LogP contribution in [-0.4, -0.2) is 11.9 Å². The predicted molar refractivity (Wildman–Crippen MR) is 72.9 cm³/mol. The topological polar surface area (TPSA) is 12.5 Å². The second kappa shape index (κ2) is 5.94. The van der Waals surface area contributed by atoms with Crippen molar-refractivity contribution in [1.82, 2.24) is 4.90 Å². The summed E-state index contributed by atoms with van der Waals surface area (Å²) in [5, 5.41) is 0. The van der Waals surface area contributed by atoms with Crippen molar-refractivity contribution in [2.75, 3.05) is 7.05 Å². The van der Waals surface area contributed by atoms with E-state index in [0.29, 0.717) is 0 Å². The standard InChI is InChI=1S/C15H19NO/c1-6-10-14-12(8-3)16(5)13(9-4)15(17-14)11-7-2/h6-11H,1,4H2,2-3,5H3/b11-7-,12-8+,14-10+. The SMILES string of the molecule is C=C/C=C1/OC(/C=C\C)=C(C=C)N(C)/C1=C/C. The minimum Gasteiger partial charge on any atom is -0.453 e. The van der Waals surface area contributed by atoms with E-state index >= 15 is 0 Å². The molecule has 2 heteroatoms. The first-order valence-corrected chi connectivity index (χ1v) is 5.60. The van der Waals surface area contributed by atoms with E-state index in [-0.39, 0.29) is 0 Å². The van der Waals surface area contributed by atoms with Gasteiger partial charge in [0.15, 0.2) is 11.5 Å². The van der Waals surface area contributed by atoms with Gasteiger partial charge in [0, 0.05) is 7.05 Å². The molecule has 0 aromatic rings. The lowest BCUT2D eigenvalue weighted by molar-refractivity contribution is 0.264. The average Bonchev–Trinajstić information content (AvgIpc) is 2.30. The first-order chi connectivity index (χ1) is 8.19. The number of allylic oxidation sites excluding steroid dienone is 6. The third-order valence-electron chi connectivity index (χ3n) is 2.50. The van der Waals surface area contributed by atoms with Crippen molar-refractivity contribution in [3.63, 3.8) is 0 Å². The molecule has 2 nitrogen and oxygen atoms in total. The first kappa shape index (κ1) is 13.1. The Morgan fingerprint density at radius 1 is 1.24 bits per heavy atom. The highest BCUT2D eigenvalue weighted by atomic mass is 16.5. The zero-order chi connectivity index (χ0) is 12.8. The van der Waals surface area contributed by atoms with Crippen molar-refractivity contribution < 1.29 is 4.74 Å². The molecule has 0 N–H and O–H groups in total. The van der Waals surface area contributed by atoms with E-state index in [1.807, 2.05) is 45.2 Å². The molecule has 0 atom stereocenters. The van der Waals surface area contributed by atoms with Crippen LogP contribution in [0.5, 0.6) is 0 Å². The van der Waals surface area contributed by atoms with Crippen LogP contribution in [0, 0.1) is 0 Å². The lowest BCUT2D eigenvalue weighted by atomic mass is 10.2. The van der Waals surface area contributed by atoms with Crippen LogP contribution in [-0.2, 0) is 4.74 Å². The molecule has 0 radical (unpaired) electrons. The zero-order valence-electron chi connectivity index (χ0n) is 10.7. The normalized spacial score (nSPS) is 21.2. The largest absolute Gasteiger partial charge is 0.453 e. The van der Waals surface area contributed by atoms with Gasteiger partial charge in [-0.15, -0.1) is 0 Å². The fourth-order valence-corrected chi connectivity index (χ4v) is 1.75. The Labute approximate surface area is 104 Å². The fraction of sp³-hybridized carbons (Fsp3) is 0.200. The van der Waals surface area contributed by atoms with E-state index in [9.17, 15) is 0 Å². The van der Waals surface area contributed by atoms with Crippen LogP contribution in [0.25, 0.3) is 0 Å². The molecule has 0 amide bonds. The minimum absolute atomic E-state index is 0.795. The maximum Gasteiger partial charge on any atom is 0.150 e. The predicted octanol–water partition coefficient (Wildman–Crippen LogP) is 3.90. The monoisotopic (exact) mass is 229 g/mol. The Morgan fingerprint density at radius 2 is 1.94 bits per heavy atom. The molecule has 0 spiro atoms. The summed E-state index contributed by atoms with van der Waals surface area (Å²) in [5.41, 5.74) is 1.96. The molecule has 0 aromatic carbocycles. The number of hydrogen-bond donors (Lipinski definition) is 0. The van der Waals surface area contributed by atoms with Crippen LogP contribution in [0.4, 0.5) is 0 Å². The summed E-state index contributed by atoms with van der Waals surface area (Å²) in [6.07, 6.45) is 11.2. The number of rotatable bonds is 3. The van der Waals surface area contributed by atoms with Crippen molar-refractivity contribution in [2.24, 2.45) is 0 Å². The number of hydrogen-bond acceptors (Lipinski definition) is 2. The minimum atomic E-state index is 0.795. The van der Waals surface area contributed by atoms with Crippen LogP contribution in [0.2, 0.25) is 0 Å². The van der Waals surface area contributed by atoms with Gasteiger partial charge in [-0.2, -0.15) is 0 Å². The summed E-state index contributed by atoms with van der Waals surface area (Å²) in [4.78, 5) is 2.06. The zero-order valence-corrected chi connectivity index (χ0v) is 10.7. The number of nitrogens with zero attached hydrogens (tertiary/aromatic N) is 1. The smallest absolute Gasteiger partial charge is 0.150 e. The van der Waals surface area contributed by atoms with E-state index in [1.54, 1.807) is 12.2 Å². The van der Waals surface area contributed by atoms with Crippen LogP contribution in [0.15, 0.2) is 72.5 Å². The molecule has 0 saturated heterocycles. The molecular formula is C15H19NO. The molecule has 1 aliphatic rings. The van der Waals surface area contributed by atoms with E-state index in [1.165, 1.54) is 0 Å². The second-order valence-electron chi connectivity index (χ2n) is 3.56. The molecule has 90 valence electrons. The van der Waals surface area contributed by atoms with Gasteiger partial charge in [-0.25, -0.2) is 0 Å². The van der Waals surface area contributed by atoms with E-state index in [2.05, 4.69) is 18.1 Å². The first-order valence-electron chi connectivity index (χ1n) is 5.60. The van der Waals surface area contributed by atoms with Gasteiger partial charge in [-0.1, -0.05) is 31.4 Å². The molecule has 0 saturated carbocycles. The Bertz CT molecular complexity index is 436. The summed E-state index contributed by atoms with van der Waals surface area (Å²) in [7, 11) is 2.00. The molecule has 1 rings (SSSR count). The van der Waals surface area contributed by atoms with Crippen molar-refractivity contribution in [3.05, 3.63) is 72.5 Å². The van der Waals surface area contributed by atoms with Gasteiger partial charge in [0.25, 0.3) is 0 Å². The van der Waals surface area contributed by atoms with Gasteiger partial charge >= 0.3 is 0 Å². The Hall–Kier alpha value is -1.96. The average molecular weight is 229 g/mol. The van der Waals surface area contributed by atoms with Crippen molar-refractivity contribution in [2.45, 2.75) is 13.8 Å². The molecule has 1 heterocycles. The second-order valence-corrected chi connectivity index (χ2v) is 3.56. The summed E-state index contributed by atoms with van der Waals surface area (Å²) < 4.78 is 5.85. The molecule has 1 aliphatic heterocycles. The maximum atomic E-state index is 5.85. The van der Waals surface area contributed by atoms with Crippen LogP contribution in [0.1, 0.15) is 13.8 Å². The molecule has 0 aromatic heterocycles. The highest BCUT2D eigenvalue weighted by molar-refractivity contribution is 5.41. The lowest BCUT2D eigenvalue weighted by Gasteiger charge is -2.32. The van der Waals surface area contributed by atoms with Crippen molar-refractivity contribution >= 4 is 0 Å². The van der Waals surface area contributed by atoms with Crippen molar-refractivity contribution in [1.29, 1.82) is 0 Å². The third kappa shape index (κ3) is 2.59. The quantitative estimate of drug-likeness (QED) is 0.727. The summed E-state index contributed by atoms with van der Waals surface area (Å²) in [6, 6.07) is 0. The van der Waals surface area contributed by atoms with Crippen LogP contribution in [0.3, 0.4) is 0 Å². The third-order valence-corrected chi connectivity index (χ3v) is 2.50. The van der Waals surface area contributed by atoms with Crippen LogP contribution < -0.4 is 0 Å². The van der Waals surface area contributed by atoms with Gasteiger partial charge < -0.3 is 9.64 Å². The van der Waals surface area contributed by atoms with E-state index in [0.717, 1.165) is 22.9 Å². The molecule has 0 aliphatic carbocycles. The molecule has 0 bridgehead atoms. The van der Waals surface area contributed by atoms with E-state index < -0.39 is 0 Å². The van der Waals surface area contributed by atoms with Gasteiger partial charge in [-0.3, -0.25) is 0 Å². The van der Waals surface area contributed by atoms with Gasteiger partial charge in [-0.05, 0) is 32.1 Å². The fourth-order valence-electron chi connectivity index (χ4n) is 1.75. The summed E-state index contributed by atoms with van der Waals surface area (Å²) in [5.74, 6) is 1.59.